The highest BCUT2D eigenvalue weighted by Crippen LogP contribution is 2.34. The average molecular weight is 376 g/mol. The third kappa shape index (κ3) is 4.48. The Kier molecular flexibility index (Phi) is 6.02. The minimum Gasteiger partial charge on any atom is -0.242 e. The quantitative estimate of drug-likeness (QED) is 0.515. The summed E-state index contributed by atoms with van der Waals surface area (Å²) in [4.78, 5) is 4.79. The van der Waals surface area contributed by atoms with Crippen LogP contribution in [0.1, 0.15) is 17.5 Å². The van der Waals surface area contributed by atoms with E-state index in [0.717, 1.165) is 32.5 Å². The van der Waals surface area contributed by atoms with Crippen LogP contribution in [0.25, 0.3) is 10.8 Å². The standard InChI is InChI=1S/C23H21NS2/c1-16-8-7-11-23(24-18(3)26-19(4)25-15-14-16)22-13-12-20-9-5-6-10-21(20)17(22)2/h5-7,9-15H,1,3-4,8H2,2H3/b11-7-,15-14-,24-23?. The summed E-state index contributed by atoms with van der Waals surface area (Å²) in [5.41, 5.74) is 4.32. The van der Waals surface area contributed by atoms with Crippen molar-refractivity contribution < 1.29 is 0 Å². The first-order chi connectivity index (χ1) is 12.5. The smallest absolute Gasteiger partial charge is 0.0948 e. The minimum atomic E-state index is 0.738. The van der Waals surface area contributed by atoms with Gasteiger partial charge in [-0.05, 0) is 41.2 Å². The predicted molar refractivity (Wildman–Crippen MR) is 121 cm³/mol. The number of fused-ring (bicyclic) bond motifs is 1. The van der Waals surface area contributed by atoms with E-state index in [2.05, 4.69) is 75.2 Å². The summed E-state index contributed by atoms with van der Waals surface area (Å²) in [5.74, 6) is 0. The molecule has 0 unspecified atom stereocenters. The molecule has 0 radical (unpaired) electrons. The van der Waals surface area contributed by atoms with E-state index in [1.165, 1.54) is 28.1 Å². The van der Waals surface area contributed by atoms with E-state index in [0.29, 0.717) is 0 Å². The van der Waals surface area contributed by atoms with E-state index in [9.17, 15) is 0 Å². The van der Waals surface area contributed by atoms with Crippen molar-refractivity contribution in [3.8, 4) is 0 Å². The maximum absolute atomic E-state index is 4.79. The molecule has 0 amide bonds. The highest BCUT2D eigenvalue weighted by Gasteiger charge is 2.09. The van der Waals surface area contributed by atoms with Gasteiger partial charge in [-0.1, -0.05) is 97.4 Å². The summed E-state index contributed by atoms with van der Waals surface area (Å²) in [6.45, 7) is 14.4. The lowest BCUT2D eigenvalue weighted by molar-refractivity contribution is 1.30. The molecular formula is C23H21NS2. The SMILES string of the molecule is C=C1/C=C\SC(=C)SC(=C)N=C(c2ccc3ccccc3c2C)/C=C\C1. The van der Waals surface area contributed by atoms with Crippen LogP contribution >= 0.6 is 23.5 Å². The van der Waals surface area contributed by atoms with Crippen molar-refractivity contribution in [1.29, 1.82) is 0 Å². The number of hydrogen-bond donors (Lipinski definition) is 0. The third-order valence-electron chi connectivity index (χ3n) is 4.11. The van der Waals surface area contributed by atoms with Gasteiger partial charge in [0.15, 0.2) is 0 Å². The Hall–Kier alpha value is -2.23. The molecule has 0 saturated heterocycles. The van der Waals surface area contributed by atoms with Crippen molar-refractivity contribution in [3.05, 3.63) is 106 Å². The summed E-state index contributed by atoms with van der Waals surface area (Å²) >= 11 is 3.07. The number of allylic oxidation sites excluding steroid dienone is 4. The summed E-state index contributed by atoms with van der Waals surface area (Å²) in [6, 6.07) is 12.7. The molecule has 1 aliphatic heterocycles. The number of aryl methyl sites for hydroxylation is 1. The topological polar surface area (TPSA) is 12.4 Å². The Bertz CT molecular complexity index is 977. The van der Waals surface area contributed by atoms with E-state index in [1.54, 1.807) is 11.8 Å². The van der Waals surface area contributed by atoms with Gasteiger partial charge in [-0.3, -0.25) is 0 Å². The van der Waals surface area contributed by atoms with Gasteiger partial charge in [0, 0.05) is 9.80 Å². The number of benzene rings is 2. The Morgan fingerprint density at radius 1 is 1.00 bits per heavy atom. The second-order valence-electron chi connectivity index (χ2n) is 6.01. The molecule has 0 N–H and O–H groups in total. The molecule has 3 heteroatoms. The number of thioether (sulfide) groups is 2. The number of aliphatic imine (C=N–C) groups is 1. The van der Waals surface area contributed by atoms with Gasteiger partial charge in [-0.25, -0.2) is 4.99 Å². The van der Waals surface area contributed by atoms with Gasteiger partial charge in [-0.2, -0.15) is 0 Å². The normalized spacial score (nSPS) is 18.8. The van der Waals surface area contributed by atoms with E-state index in [4.69, 9.17) is 4.99 Å². The van der Waals surface area contributed by atoms with Gasteiger partial charge < -0.3 is 0 Å². The Balaban J connectivity index is 2.07. The average Bonchev–Trinajstić information content (AvgIpc) is 2.60. The van der Waals surface area contributed by atoms with Crippen molar-refractivity contribution in [2.24, 2.45) is 4.99 Å². The van der Waals surface area contributed by atoms with Gasteiger partial charge in [0.05, 0.1) is 10.7 Å². The first-order valence-corrected chi connectivity index (χ1v) is 10.0. The Labute approximate surface area is 164 Å². The van der Waals surface area contributed by atoms with Crippen molar-refractivity contribution >= 4 is 40.0 Å². The molecule has 130 valence electrons. The molecule has 1 heterocycles. The zero-order valence-electron chi connectivity index (χ0n) is 14.9. The molecule has 26 heavy (non-hydrogen) atoms. The zero-order valence-corrected chi connectivity index (χ0v) is 16.5. The van der Waals surface area contributed by atoms with Crippen LogP contribution < -0.4 is 0 Å². The molecule has 0 atom stereocenters. The molecular weight excluding hydrogens is 354 g/mol. The molecule has 2 aromatic rings. The van der Waals surface area contributed by atoms with Crippen LogP contribution in [0.3, 0.4) is 0 Å². The lowest BCUT2D eigenvalue weighted by Gasteiger charge is -2.11. The van der Waals surface area contributed by atoms with Gasteiger partial charge in [0.2, 0.25) is 0 Å². The van der Waals surface area contributed by atoms with Crippen LogP contribution in [0.15, 0.2) is 99.6 Å². The van der Waals surface area contributed by atoms with Crippen LogP contribution in [-0.2, 0) is 0 Å². The van der Waals surface area contributed by atoms with E-state index >= 15 is 0 Å². The van der Waals surface area contributed by atoms with Gasteiger partial charge in [0.25, 0.3) is 0 Å². The van der Waals surface area contributed by atoms with Crippen molar-refractivity contribution in [3.63, 3.8) is 0 Å². The van der Waals surface area contributed by atoms with Crippen molar-refractivity contribution in [2.75, 3.05) is 0 Å². The third-order valence-corrected chi connectivity index (χ3v) is 5.74. The maximum Gasteiger partial charge on any atom is 0.0948 e. The van der Waals surface area contributed by atoms with Crippen LogP contribution in [-0.4, -0.2) is 5.71 Å². The molecule has 1 aliphatic rings. The molecule has 0 fully saturated rings. The molecule has 2 aromatic carbocycles. The summed E-state index contributed by atoms with van der Waals surface area (Å²) in [5, 5.41) is 5.24. The maximum atomic E-state index is 4.79. The lowest BCUT2D eigenvalue weighted by atomic mass is 9.96. The first-order valence-electron chi connectivity index (χ1n) is 8.35. The zero-order chi connectivity index (χ0) is 18.5. The second kappa shape index (κ2) is 8.43. The van der Waals surface area contributed by atoms with Gasteiger partial charge in [0.1, 0.15) is 0 Å². The molecule has 0 spiro atoms. The monoisotopic (exact) mass is 375 g/mol. The first kappa shape index (κ1) is 18.6. The van der Waals surface area contributed by atoms with Gasteiger partial charge in [-0.15, -0.1) is 0 Å². The Morgan fingerprint density at radius 2 is 1.81 bits per heavy atom. The summed E-state index contributed by atoms with van der Waals surface area (Å²) in [6.07, 6.45) is 7.00. The highest BCUT2D eigenvalue weighted by atomic mass is 32.2. The fourth-order valence-electron chi connectivity index (χ4n) is 2.80. The van der Waals surface area contributed by atoms with E-state index in [1.807, 2.05) is 11.5 Å². The fourth-order valence-corrected chi connectivity index (χ4v) is 4.27. The second-order valence-corrected chi connectivity index (χ2v) is 8.44. The van der Waals surface area contributed by atoms with Crippen LogP contribution in [0.4, 0.5) is 0 Å². The molecule has 0 bridgehead atoms. The molecule has 0 aromatic heterocycles. The predicted octanol–water partition coefficient (Wildman–Crippen LogP) is 7.38. The molecule has 0 aliphatic carbocycles. The van der Waals surface area contributed by atoms with Crippen molar-refractivity contribution in [1.82, 2.24) is 0 Å². The van der Waals surface area contributed by atoms with Crippen LogP contribution in [0, 0.1) is 6.92 Å². The largest absolute Gasteiger partial charge is 0.242 e. The van der Waals surface area contributed by atoms with E-state index < -0.39 is 0 Å². The van der Waals surface area contributed by atoms with Gasteiger partial charge >= 0.3 is 0 Å². The summed E-state index contributed by atoms with van der Waals surface area (Å²) in [7, 11) is 0. The number of rotatable bonds is 1. The number of hydrogen-bond acceptors (Lipinski definition) is 3. The molecule has 1 nitrogen and oxygen atoms in total. The van der Waals surface area contributed by atoms with Crippen LogP contribution in [0.5, 0.6) is 0 Å². The van der Waals surface area contributed by atoms with E-state index in [-0.39, 0.29) is 0 Å². The Morgan fingerprint density at radius 3 is 2.65 bits per heavy atom. The highest BCUT2D eigenvalue weighted by molar-refractivity contribution is 8.25. The molecule has 3 rings (SSSR count). The van der Waals surface area contributed by atoms with Crippen LogP contribution in [0.2, 0.25) is 0 Å². The fraction of sp³-hybridized carbons (Fsp3) is 0.0870. The minimum absolute atomic E-state index is 0.738. The molecule has 0 saturated carbocycles. The summed E-state index contributed by atoms with van der Waals surface area (Å²) < 4.78 is 0.946. The lowest BCUT2D eigenvalue weighted by Crippen LogP contribution is -2.01. The number of nitrogens with zero attached hydrogens (tertiary/aromatic N) is 1. The van der Waals surface area contributed by atoms with Crippen molar-refractivity contribution in [2.45, 2.75) is 13.3 Å².